The number of nitrogens with zero attached hydrogens (tertiary/aromatic N) is 2. The molecule has 0 fully saturated rings. The van der Waals surface area contributed by atoms with E-state index in [0.717, 1.165) is 18.7 Å². The van der Waals surface area contributed by atoms with Crippen molar-refractivity contribution in [2.24, 2.45) is 7.05 Å². The second-order valence-corrected chi connectivity index (χ2v) is 3.53. The monoisotopic (exact) mass is 225 g/mol. The van der Waals surface area contributed by atoms with Gasteiger partial charge in [-0.2, -0.15) is 5.10 Å². The Labute approximate surface area is 95.8 Å². The van der Waals surface area contributed by atoms with E-state index in [1.54, 1.807) is 17.8 Å². The maximum atomic E-state index is 11.6. The third-order valence-electron chi connectivity index (χ3n) is 2.28. The molecule has 1 aromatic rings. The molecule has 0 spiro atoms. The number of rotatable bonds is 6. The number of hydrogen-bond donors (Lipinski definition) is 1. The van der Waals surface area contributed by atoms with Crippen molar-refractivity contribution in [1.29, 1.82) is 0 Å². The van der Waals surface area contributed by atoms with Gasteiger partial charge in [-0.05, 0) is 19.9 Å². The van der Waals surface area contributed by atoms with E-state index in [9.17, 15) is 4.79 Å². The van der Waals surface area contributed by atoms with E-state index in [-0.39, 0.29) is 5.97 Å². The van der Waals surface area contributed by atoms with Gasteiger partial charge in [0.15, 0.2) is 0 Å². The zero-order valence-electron chi connectivity index (χ0n) is 10.1. The Morgan fingerprint density at radius 1 is 1.56 bits per heavy atom. The van der Waals surface area contributed by atoms with Crippen molar-refractivity contribution < 1.29 is 9.53 Å². The van der Waals surface area contributed by atoms with Crippen LogP contribution in [0.15, 0.2) is 6.20 Å². The molecule has 1 aromatic heterocycles. The van der Waals surface area contributed by atoms with E-state index in [4.69, 9.17) is 4.74 Å². The van der Waals surface area contributed by atoms with Crippen LogP contribution in [0.2, 0.25) is 0 Å². The summed E-state index contributed by atoms with van der Waals surface area (Å²) in [5.74, 6) is -0.302. The van der Waals surface area contributed by atoms with E-state index in [1.807, 2.05) is 7.05 Å². The number of aryl methyl sites for hydroxylation is 1. The molecule has 0 saturated heterocycles. The lowest BCUT2D eigenvalue weighted by molar-refractivity contribution is 0.0524. The maximum absolute atomic E-state index is 11.6. The normalized spacial score (nSPS) is 10.4. The highest BCUT2D eigenvalue weighted by molar-refractivity contribution is 5.90. The Hall–Kier alpha value is -1.36. The highest BCUT2D eigenvalue weighted by Crippen LogP contribution is 2.09. The molecule has 1 N–H and O–H groups in total. The molecular weight excluding hydrogens is 206 g/mol. The third-order valence-corrected chi connectivity index (χ3v) is 2.28. The van der Waals surface area contributed by atoms with Crippen molar-refractivity contribution in [3.63, 3.8) is 0 Å². The summed E-state index contributed by atoms with van der Waals surface area (Å²) in [6, 6.07) is 0. The minimum atomic E-state index is -0.302. The summed E-state index contributed by atoms with van der Waals surface area (Å²) >= 11 is 0. The van der Waals surface area contributed by atoms with Gasteiger partial charge in [-0.15, -0.1) is 0 Å². The number of nitrogens with one attached hydrogen (secondary N) is 1. The standard InChI is InChI=1S/C11H19N3O2/c1-4-6-12-8-10-9(7-13-14(10)3)11(15)16-5-2/h7,12H,4-6,8H2,1-3H3. The minimum absolute atomic E-state index is 0.302. The molecule has 0 amide bonds. The van der Waals surface area contributed by atoms with Crippen molar-refractivity contribution in [3.8, 4) is 0 Å². The highest BCUT2D eigenvalue weighted by Gasteiger charge is 2.16. The first kappa shape index (κ1) is 12.7. The summed E-state index contributed by atoms with van der Waals surface area (Å²) in [7, 11) is 1.83. The van der Waals surface area contributed by atoms with Crippen molar-refractivity contribution in [1.82, 2.24) is 15.1 Å². The summed E-state index contributed by atoms with van der Waals surface area (Å²) in [6.45, 7) is 5.84. The first-order valence-electron chi connectivity index (χ1n) is 5.59. The zero-order valence-corrected chi connectivity index (χ0v) is 10.1. The van der Waals surface area contributed by atoms with Gasteiger partial charge >= 0.3 is 5.97 Å². The van der Waals surface area contributed by atoms with Crippen LogP contribution in [0.3, 0.4) is 0 Å². The molecule has 16 heavy (non-hydrogen) atoms. The lowest BCUT2D eigenvalue weighted by Crippen LogP contribution is -2.19. The Kier molecular flexibility index (Phi) is 4.98. The number of carbonyl (C=O) groups excluding carboxylic acids is 1. The minimum Gasteiger partial charge on any atom is -0.462 e. The molecular formula is C11H19N3O2. The van der Waals surface area contributed by atoms with Crippen LogP contribution in [0.5, 0.6) is 0 Å². The smallest absolute Gasteiger partial charge is 0.341 e. The predicted octanol–water partition coefficient (Wildman–Crippen LogP) is 1.10. The molecule has 1 heterocycles. The summed E-state index contributed by atoms with van der Waals surface area (Å²) < 4.78 is 6.67. The zero-order chi connectivity index (χ0) is 12.0. The largest absolute Gasteiger partial charge is 0.462 e. The van der Waals surface area contributed by atoms with Gasteiger partial charge < -0.3 is 10.1 Å². The summed E-state index contributed by atoms with van der Waals surface area (Å²) in [5.41, 5.74) is 1.42. The topological polar surface area (TPSA) is 56.1 Å². The molecule has 0 unspecified atom stereocenters. The van der Waals surface area contributed by atoms with Gasteiger partial charge in [0, 0.05) is 13.6 Å². The second-order valence-electron chi connectivity index (χ2n) is 3.53. The molecule has 0 aromatic carbocycles. The van der Waals surface area contributed by atoms with Crippen LogP contribution in [0.25, 0.3) is 0 Å². The predicted molar refractivity (Wildman–Crippen MR) is 61.2 cm³/mol. The number of carbonyl (C=O) groups is 1. The van der Waals surface area contributed by atoms with Crippen LogP contribution in [0.4, 0.5) is 0 Å². The molecule has 0 aliphatic heterocycles. The van der Waals surface area contributed by atoms with Gasteiger partial charge in [-0.25, -0.2) is 4.79 Å². The van der Waals surface area contributed by atoms with Crippen LogP contribution < -0.4 is 5.32 Å². The lowest BCUT2D eigenvalue weighted by atomic mass is 10.2. The molecule has 5 nitrogen and oxygen atoms in total. The average molecular weight is 225 g/mol. The van der Waals surface area contributed by atoms with E-state index in [2.05, 4.69) is 17.3 Å². The van der Waals surface area contributed by atoms with Gasteiger partial charge in [0.05, 0.1) is 18.5 Å². The van der Waals surface area contributed by atoms with Crippen LogP contribution >= 0.6 is 0 Å². The number of hydrogen-bond acceptors (Lipinski definition) is 4. The Balaban J connectivity index is 2.73. The van der Waals surface area contributed by atoms with Crippen LogP contribution in [0, 0.1) is 0 Å². The SMILES string of the molecule is CCCNCc1c(C(=O)OCC)cnn1C. The van der Waals surface area contributed by atoms with Crippen molar-refractivity contribution in [2.75, 3.05) is 13.2 Å². The molecule has 0 aliphatic carbocycles. The van der Waals surface area contributed by atoms with Gasteiger partial charge in [0.2, 0.25) is 0 Å². The Morgan fingerprint density at radius 2 is 2.31 bits per heavy atom. The first-order chi connectivity index (χ1) is 7.70. The van der Waals surface area contributed by atoms with Crippen molar-refractivity contribution in [3.05, 3.63) is 17.5 Å². The molecule has 5 heteroatoms. The van der Waals surface area contributed by atoms with Crippen molar-refractivity contribution >= 4 is 5.97 Å². The molecule has 0 bridgehead atoms. The van der Waals surface area contributed by atoms with Gasteiger partial charge in [0.25, 0.3) is 0 Å². The van der Waals surface area contributed by atoms with E-state index < -0.39 is 0 Å². The van der Waals surface area contributed by atoms with E-state index >= 15 is 0 Å². The molecule has 0 radical (unpaired) electrons. The number of ether oxygens (including phenoxy) is 1. The van der Waals surface area contributed by atoms with Crippen LogP contribution in [0.1, 0.15) is 36.3 Å². The maximum Gasteiger partial charge on any atom is 0.341 e. The highest BCUT2D eigenvalue weighted by atomic mass is 16.5. The Morgan fingerprint density at radius 3 is 2.94 bits per heavy atom. The fourth-order valence-corrected chi connectivity index (χ4v) is 1.44. The van der Waals surface area contributed by atoms with Gasteiger partial charge in [-0.3, -0.25) is 4.68 Å². The fraction of sp³-hybridized carbons (Fsp3) is 0.636. The molecule has 1 rings (SSSR count). The third kappa shape index (κ3) is 3.06. The number of aromatic nitrogens is 2. The molecule has 0 atom stereocenters. The summed E-state index contributed by atoms with van der Waals surface area (Å²) in [5, 5.41) is 7.32. The number of esters is 1. The summed E-state index contributed by atoms with van der Waals surface area (Å²) in [6.07, 6.45) is 2.62. The second kappa shape index (κ2) is 6.27. The molecule has 0 aliphatic rings. The van der Waals surface area contributed by atoms with Crippen molar-refractivity contribution in [2.45, 2.75) is 26.8 Å². The average Bonchev–Trinajstić information content (AvgIpc) is 2.61. The Bertz CT molecular complexity index is 347. The summed E-state index contributed by atoms with van der Waals surface area (Å²) in [4.78, 5) is 11.6. The lowest BCUT2D eigenvalue weighted by Gasteiger charge is -2.06. The van der Waals surface area contributed by atoms with E-state index in [1.165, 1.54) is 0 Å². The quantitative estimate of drug-likeness (QED) is 0.582. The van der Waals surface area contributed by atoms with Crippen LogP contribution in [-0.4, -0.2) is 28.9 Å². The first-order valence-corrected chi connectivity index (χ1v) is 5.59. The van der Waals surface area contributed by atoms with Gasteiger partial charge in [-0.1, -0.05) is 6.92 Å². The van der Waals surface area contributed by atoms with Crippen LogP contribution in [-0.2, 0) is 18.3 Å². The fourth-order valence-electron chi connectivity index (χ4n) is 1.44. The van der Waals surface area contributed by atoms with Gasteiger partial charge in [0.1, 0.15) is 5.56 Å². The molecule has 0 saturated carbocycles. The van der Waals surface area contributed by atoms with E-state index in [0.29, 0.717) is 18.7 Å². The molecule has 90 valence electrons.